The molecule has 0 saturated heterocycles. The van der Waals surface area contributed by atoms with Gasteiger partial charge < -0.3 is 10.1 Å². The minimum absolute atomic E-state index is 0.0579. The largest absolute Gasteiger partial charge is 0.466 e. The van der Waals surface area contributed by atoms with Crippen molar-refractivity contribution in [1.29, 1.82) is 0 Å². The number of hydrogen-bond acceptors (Lipinski definition) is 5. The maximum atomic E-state index is 12.8. The van der Waals surface area contributed by atoms with Crippen molar-refractivity contribution in [3.8, 4) is 0 Å². The Balaban J connectivity index is 1.82. The first-order chi connectivity index (χ1) is 14.6. The topological polar surface area (TPSA) is 72.5 Å². The normalized spacial score (nSPS) is 15.4. The van der Waals surface area contributed by atoms with Gasteiger partial charge in [-0.2, -0.15) is 11.8 Å². The number of ketones is 1. The van der Waals surface area contributed by atoms with Crippen LogP contribution in [0.5, 0.6) is 0 Å². The fourth-order valence-corrected chi connectivity index (χ4v) is 4.72. The summed E-state index contributed by atoms with van der Waals surface area (Å²) in [5.41, 5.74) is 1.12. The van der Waals surface area contributed by atoms with Gasteiger partial charge in [0, 0.05) is 12.2 Å². The lowest BCUT2D eigenvalue weighted by molar-refractivity contribution is -0.142. The zero-order chi connectivity index (χ0) is 21.6. The van der Waals surface area contributed by atoms with E-state index in [1.54, 1.807) is 6.92 Å². The monoisotopic (exact) mass is 433 g/mol. The molecule has 0 radical (unpaired) electrons. The van der Waals surface area contributed by atoms with Crippen LogP contribution in [0.15, 0.2) is 30.3 Å². The van der Waals surface area contributed by atoms with E-state index in [0.717, 1.165) is 24.8 Å². The number of ether oxygens (including phenoxy) is 1. The van der Waals surface area contributed by atoms with Gasteiger partial charge in [-0.25, -0.2) is 0 Å². The Bertz CT molecular complexity index is 658. The Hall–Kier alpha value is -1.82. The molecular formula is C24H35NO4S. The molecular weight excluding hydrogens is 398 g/mol. The molecule has 1 amide bonds. The van der Waals surface area contributed by atoms with Crippen molar-refractivity contribution in [1.82, 2.24) is 5.32 Å². The van der Waals surface area contributed by atoms with Crippen LogP contribution in [-0.2, 0) is 25.5 Å². The molecule has 1 N–H and O–H groups in total. The van der Waals surface area contributed by atoms with Gasteiger partial charge in [0.25, 0.3) is 0 Å². The van der Waals surface area contributed by atoms with Crippen LogP contribution in [0.25, 0.3) is 0 Å². The molecule has 0 unspecified atom stereocenters. The first kappa shape index (κ1) is 24.4. The van der Waals surface area contributed by atoms with E-state index in [4.69, 9.17) is 4.74 Å². The molecule has 1 atom stereocenters. The first-order valence-electron chi connectivity index (χ1n) is 11.2. The highest BCUT2D eigenvalue weighted by Gasteiger charge is 2.25. The van der Waals surface area contributed by atoms with Crippen molar-refractivity contribution in [3.63, 3.8) is 0 Å². The van der Waals surface area contributed by atoms with E-state index >= 15 is 0 Å². The quantitative estimate of drug-likeness (QED) is 0.370. The van der Waals surface area contributed by atoms with Crippen LogP contribution in [0.2, 0.25) is 0 Å². The summed E-state index contributed by atoms with van der Waals surface area (Å²) in [6.07, 6.45) is 8.06. The molecule has 1 aromatic carbocycles. The zero-order valence-electron chi connectivity index (χ0n) is 18.1. The Morgan fingerprint density at radius 3 is 2.53 bits per heavy atom. The maximum absolute atomic E-state index is 12.8. The second-order valence-corrected chi connectivity index (χ2v) is 9.02. The van der Waals surface area contributed by atoms with Gasteiger partial charge in [0.1, 0.15) is 0 Å². The molecule has 30 heavy (non-hydrogen) atoms. The molecule has 166 valence electrons. The van der Waals surface area contributed by atoms with Gasteiger partial charge in [0.05, 0.1) is 24.8 Å². The predicted molar refractivity (Wildman–Crippen MR) is 121 cm³/mol. The van der Waals surface area contributed by atoms with Crippen LogP contribution in [0.3, 0.4) is 0 Å². The number of esters is 1. The molecule has 2 rings (SSSR count). The second kappa shape index (κ2) is 14.2. The minimum Gasteiger partial charge on any atom is -0.466 e. The number of benzene rings is 1. The highest BCUT2D eigenvalue weighted by atomic mass is 32.2. The van der Waals surface area contributed by atoms with Crippen molar-refractivity contribution in [3.05, 3.63) is 35.9 Å². The summed E-state index contributed by atoms with van der Waals surface area (Å²) < 4.78 is 4.92. The molecule has 0 heterocycles. The molecule has 1 aliphatic rings. The third-order valence-electron chi connectivity index (χ3n) is 5.50. The summed E-state index contributed by atoms with van der Waals surface area (Å²) in [6.45, 7) is 2.16. The molecule has 1 fully saturated rings. The Labute approximate surface area is 184 Å². The third kappa shape index (κ3) is 9.79. The van der Waals surface area contributed by atoms with Gasteiger partial charge in [-0.3, -0.25) is 14.4 Å². The summed E-state index contributed by atoms with van der Waals surface area (Å²) in [6, 6.07) is 9.50. The van der Waals surface area contributed by atoms with Crippen LogP contribution < -0.4 is 5.32 Å². The fourth-order valence-electron chi connectivity index (χ4n) is 3.86. The Morgan fingerprint density at radius 2 is 1.83 bits per heavy atom. The number of nitrogens with one attached hydrogen (secondary N) is 1. The molecule has 0 bridgehead atoms. The number of hydrogen-bond donors (Lipinski definition) is 1. The number of thioether (sulfide) groups is 1. The van der Waals surface area contributed by atoms with Gasteiger partial charge in [0.15, 0.2) is 5.78 Å². The predicted octanol–water partition coefficient (Wildman–Crippen LogP) is 4.33. The van der Waals surface area contributed by atoms with Gasteiger partial charge in [-0.1, -0.05) is 62.4 Å². The lowest BCUT2D eigenvalue weighted by Gasteiger charge is -2.26. The van der Waals surface area contributed by atoms with E-state index in [1.165, 1.54) is 31.0 Å². The maximum Gasteiger partial charge on any atom is 0.306 e. The van der Waals surface area contributed by atoms with E-state index < -0.39 is 6.04 Å². The minimum atomic E-state index is -0.425. The first-order valence-corrected chi connectivity index (χ1v) is 12.3. The van der Waals surface area contributed by atoms with Crippen molar-refractivity contribution >= 4 is 29.4 Å². The Morgan fingerprint density at radius 1 is 1.10 bits per heavy atom. The summed E-state index contributed by atoms with van der Waals surface area (Å²) in [5.74, 6) is 1.14. The SMILES string of the molecule is CCOC(=O)CCSCC(=O)[C@H](CC1CCCCC1)NC(=O)CCc1ccccc1. The summed E-state index contributed by atoms with van der Waals surface area (Å²) in [5, 5.41) is 3.01. The average molecular weight is 434 g/mol. The number of carbonyl (C=O) groups is 3. The summed E-state index contributed by atoms with van der Waals surface area (Å²) in [7, 11) is 0. The van der Waals surface area contributed by atoms with Crippen LogP contribution in [0, 0.1) is 5.92 Å². The molecule has 1 aliphatic carbocycles. The summed E-state index contributed by atoms with van der Waals surface area (Å²) >= 11 is 1.44. The highest BCUT2D eigenvalue weighted by molar-refractivity contribution is 7.99. The van der Waals surface area contributed by atoms with Gasteiger partial charge >= 0.3 is 5.97 Å². The lowest BCUT2D eigenvalue weighted by Crippen LogP contribution is -2.43. The van der Waals surface area contributed by atoms with Crippen LogP contribution >= 0.6 is 11.8 Å². The molecule has 0 aromatic heterocycles. The van der Waals surface area contributed by atoms with Crippen molar-refractivity contribution in [2.24, 2.45) is 5.92 Å². The standard InChI is InChI=1S/C24H35NO4S/c1-2-29-24(28)15-16-30-18-22(26)21(17-20-11-7-4-8-12-20)25-23(27)14-13-19-9-5-3-6-10-19/h3,5-6,9-10,20-21H,2,4,7-8,11-18H2,1H3,(H,25,27)/t21-/m0/s1. The smallest absolute Gasteiger partial charge is 0.306 e. The van der Waals surface area contributed by atoms with E-state index in [9.17, 15) is 14.4 Å². The van der Waals surface area contributed by atoms with Crippen LogP contribution in [0.4, 0.5) is 0 Å². The van der Waals surface area contributed by atoms with Crippen LogP contribution in [0.1, 0.15) is 63.9 Å². The van der Waals surface area contributed by atoms with Crippen molar-refractivity contribution in [2.75, 3.05) is 18.1 Å². The van der Waals surface area contributed by atoms with Crippen molar-refractivity contribution < 1.29 is 19.1 Å². The van der Waals surface area contributed by atoms with Crippen molar-refractivity contribution in [2.45, 2.75) is 70.8 Å². The van der Waals surface area contributed by atoms with E-state index in [1.807, 2.05) is 30.3 Å². The van der Waals surface area contributed by atoms with Gasteiger partial charge in [-0.05, 0) is 31.2 Å². The number of rotatable bonds is 13. The number of carbonyl (C=O) groups excluding carboxylic acids is 3. The van der Waals surface area contributed by atoms with E-state index in [0.29, 0.717) is 43.3 Å². The zero-order valence-corrected chi connectivity index (χ0v) is 18.9. The lowest BCUT2D eigenvalue weighted by atomic mass is 9.84. The third-order valence-corrected chi connectivity index (χ3v) is 6.48. The molecule has 5 nitrogen and oxygen atoms in total. The highest BCUT2D eigenvalue weighted by Crippen LogP contribution is 2.28. The molecule has 1 aromatic rings. The second-order valence-electron chi connectivity index (χ2n) is 7.92. The Kier molecular flexibility index (Phi) is 11.6. The molecule has 0 spiro atoms. The summed E-state index contributed by atoms with van der Waals surface area (Å²) in [4.78, 5) is 36.8. The van der Waals surface area contributed by atoms with E-state index in [-0.39, 0.29) is 17.7 Å². The van der Waals surface area contributed by atoms with Gasteiger partial charge in [0.2, 0.25) is 5.91 Å². The fraction of sp³-hybridized carbons (Fsp3) is 0.625. The number of amides is 1. The van der Waals surface area contributed by atoms with Gasteiger partial charge in [-0.15, -0.1) is 0 Å². The average Bonchev–Trinajstić information content (AvgIpc) is 2.76. The number of aryl methyl sites for hydroxylation is 1. The van der Waals surface area contributed by atoms with E-state index in [2.05, 4.69) is 5.32 Å². The molecule has 0 aliphatic heterocycles. The molecule has 1 saturated carbocycles. The van der Waals surface area contributed by atoms with Crippen LogP contribution in [-0.4, -0.2) is 41.8 Å². The number of Topliss-reactive ketones (excluding diaryl/α,β-unsaturated/α-hetero) is 1. The molecule has 6 heteroatoms.